The van der Waals surface area contributed by atoms with Crippen LogP contribution in [0.15, 0.2) is 11.1 Å². The highest BCUT2D eigenvalue weighted by molar-refractivity contribution is 5.91. The van der Waals surface area contributed by atoms with Gasteiger partial charge in [-0.3, -0.25) is 9.36 Å². The van der Waals surface area contributed by atoms with E-state index in [0.29, 0.717) is 5.82 Å². The number of hydrogen-bond donors (Lipinski definition) is 0. The maximum Gasteiger partial charge on any atom is 0.291 e. The first kappa shape index (κ1) is 15.1. The van der Waals surface area contributed by atoms with Crippen molar-refractivity contribution < 1.29 is 4.79 Å². The molecule has 2 aliphatic heterocycles. The molecule has 6 heteroatoms. The van der Waals surface area contributed by atoms with Crippen LogP contribution < -0.4 is 4.90 Å². The Labute approximate surface area is 131 Å². The molecule has 0 atom stereocenters. The number of carbonyl (C=O) groups excluding carboxylic acids is 1. The predicted octanol–water partition coefficient (Wildman–Crippen LogP) is 2.08. The van der Waals surface area contributed by atoms with Gasteiger partial charge in [0.15, 0.2) is 0 Å². The molecule has 1 aromatic rings. The van der Waals surface area contributed by atoms with Crippen LogP contribution in [0, 0.1) is 0 Å². The van der Waals surface area contributed by atoms with Gasteiger partial charge in [0.05, 0.1) is 0 Å². The van der Waals surface area contributed by atoms with Gasteiger partial charge in [-0.15, -0.1) is 10.2 Å². The fourth-order valence-corrected chi connectivity index (χ4v) is 3.23. The largest absolute Gasteiger partial charge is 0.337 e. The summed E-state index contributed by atoms with van der Waals surface area (Å²) in [6.45, 7) is 10.6. The second-order valence-corrected chi connectivity index (χ2v) is 6.30. The van der Waals surface area contributed by atoms with Crippen molar-refractivity contribution in [2.75, 3.05) is 31.1 Å². The summed E-state index contributed by atoms with van der Waals surface area (Å²) in [5.41, 5.74) is 2.86. The Morgan fingerprint density at radius 2 is 1.82 bits per heavy atom. The predicted molar refractivity (Wildman–Crippen MR) is 86.0 cm³/mol. The number of aromatic nitrogens is 3. The first-order chi connectivity index (χ1) is 10.6. The zero-order valence-electron chi connectivity index (χ0n) is 13.8. The molecule has 2 aliphatic rings. The molecule has 0 unspecified atom stereocenters. The number of anilines is 1. The fraction of sp³-hybridized carbons (Fsp3) is 0.688. The van der Waals surface area contributed by atoms with Crippen molar-refractivity contribution in [1.29, 1.82) is 0 Å². The van der Waals surface area contributed by atoms with Crippen LogP contribution in [0.25, 0.3) is 0 Å². The summed E-state index contributed by atoms with van der Waals surface area (Å²) in [7, 11) is 0. The van der Waals surface area contributed by atoms with Crippen LogP contribution in [0.4, 0.5) is 5.95 Å². The Kier molecular flexibility index (Phi) is 4.18. The molecule has 1 amide bonds. The quantitative estimate of drug-likeness (QED) is 0.802. The molecule has 0 N–H and O–H groups in total. The van der Waals surface area contributed by atoms with E-state index in [1.54, 1.807) is 0 Å². The molecule has 0 spiro atoms. The van der Waals surface area contributed by atoms with Gasteiger partial charge in [-0.05, 0) is 40.0 Å². The second-order valence-electron chi connectivity index (χ2n) is 6.30. The van der Waals surface area contributed by atoms with Crippen molar-refractivity contribution in [1.82, 2.24) is 19.7 Å². The summed E-state index contributed by atoms with van der Waals surface area (Å²) in [5, 5.41) is 8.55. The van der Waals surface area contributed by atoms with E-state index in [2.05, 4.69) is 28.9 Å². The molecule has 0 bridgehead atoms. The van der Waals surface area contributed by atoms with Crippen molar-refractivity contribution in [3.8, 4) is 0 Å². The SMILES string of the molecule is CCn1c(C(=O)N2CCCC2)nnc1N1CCC(C)=C(C)C1. The van der Waals surface area contributed by atoms with Crippen LogP contribution in [-0.2, 0) is 6.54 Å². The van der Waals surface area contributed by atoms with Crippen LogP contribution >= 0.6 is 0 Å². The average Bonchev–Trinajstić information content (AvgIpc) is 3.18. The number of hydrogen-bond acceptors (Lipinski definition) is 4. The van der Waals surface area contributed by atoms with Crippen molar-refractivity contribution in [3.05, 3.63) is 17.0 Å². The molecule has 1 saturated heterocycles. The minimum atomic E-state index is 0.0264. The number of amides is 1. The zero-order chi connectivity index (χ0) is 15.7. The molecule has 3 heterocycles. The van der Waals surface area contributed by atoms with Crippen LogP contribution in [-0.4, -0.2) is 51.8 Å². The number of carbonyl (C=O) groups is 1. The van der Waals surface area contributed by atoms with Gasteiger partial charge in [-0.2, -0.15) is 0 Å². The second kappa shape index (κ2) is 6.10. The van der Waals surface area contributed by atoms with E-state index in [9.17, 15) is 4.79 Å². The lowest BCUT2D eigenvalue weighted by Gasteiger charge is -2.29. The topological polar surface area (TPSA) is 54.3 Å². The molecule has 0 aromatic carbocycles. The molecule has 0 radical (unpaired) electrons. The standard InChI is InChI=1S/C16H25N5O/c1-4-21-14(15(22)19-8-5-6-9-19)17-18-16(21)20-10-7-12(2)13(3)11-20/h4-11H2,1-3H3. The molecule has 1 aromatic heterocycles. The van der Waals surface area contributed by atoms with Crippen LogP contribution in [0.5, 0.6) is 0 Å². The summed E-state index contributed by atoms with van der Waals surface area (Å²) in [6.07, 6.45) is 3.24. The lowest BCUT2D eigenvalue weighted by molar-refractivity contribution is 0.0775. The molecule has 1 fully saturated rings. The summed E-state index contributed by atoms with van der Waals surface area (Å²) in [5.74, 6) is 1.35. The van der Waals surface area contributed by atoms with Gasteiger partial charge in [-0.1, -0.05) is 11.1 Å². The number of nitrogens with zero attached hydrogens (tertiary/aromatic N) is 5. The summed E-state index contributed by atoms with van der Waals surface area (Å²) >= 11 is 0. The third kappa shape index (κ3) is 2.62. The number of likely N-dealkylation sites (tertiary alicyclic amines) is 1. The Morgan fingerprint density at radius 3 is 2.45 bits per heavy atom. The Hall–Kier alpha value is -1.85. The maximum absolute atomic E-state index is 12.6. The van der Waals surface area contributed by atoms with Gasteiger partial charge >= 0.3 is 0 Å². The van der Waals surface area contributed by atoms with Gasteiger partial charge in [0, 0.05) is 32.7 Å². The highest BCUT2D eigenvalue weighted by Crippen LogP contribution is 2.23. The van der Waals surface area contributed by atoms with E-state index < -0.39 is 0 Å². The summed E-state index contributed by atoms with van der Waals surface area (Å²) < 4.78 is 1.97. The average molecular weight is 303 g/mol. The van der Waals surface area contributed by atoms with E-state index in [1.165, 1.54) is 11.1 Å². The van der Waals surface area contributed by atoms with E-state index >= 15 is 0 Å². The Balaban J connectivity index is 1.86. The van der Waals surface area contributed by atoms with Crippen LogP contribution in [0.2, 0.25) is 0 Å². The van der Waals surface area contributed by atoms with Crippen LogP contribution in [0.1, 0.15) is 50.7 Å². The van der Waals surface area contributed by atoms with Crippen molar-refractivity contribution in [3.63, 3.8) is 0 Å². The third-order valence-electron chi connectivity index (χ3n) is 4.83. The lowest BCUT2D eigenvalue weighted by Crippen LogP contribution is -2.34. The molecule has 0 saturated carbocycles. The van der Waals surface area contributed by atoms with E-state index in [-0.39, 0.29) is 5.91 Å². The van der Waals surface area contributed by atoms with E-state index in [4.69, 9.17) is 0 Å². The van der Waals surface area contributed by atoms with Gasteiger partial charge < -0.3 is 9.80 Å². The molecule has 6 nitrogen and oxygen atoms in total. The number of rotatable bonds is 3. The first-order valence-electron chi connectivity index (χ1n) is 8.24. The molecular weight excluding hydrogens is 278 g/mol. The maximum atomic E-state index is 12.6. The first-order valence-corrected chi connectivity index (χ1v) is 8.24. The summed E-state index contributed by atoms with van der Waals surface area (Å²) in [6, 6.07) is 0. The minimum Gasteiger partial charge on any atom is -0.337 e. The smallest absolute Gasteiger partial charge is 0.291 e. The van der Waals surface area contributed by atoms with E-state index in [0.717, 1.165) is 57.9 Å². The molecule has 22 heavy (non-hydrogen) atoms. The molecular formula is C16H25N5O. The molecule has 0 aliphatic carbocycles. The monoisotopic (exact) mass is 303 g/mol. The van der Waals surface area contributed by atoms with Crippen molar-refractivity contribution in [2.24, 2.45) is 0 Å². The Morgan fingerprint density at radius 1 is 1.09 bits per heavy atom. The minimum absolute atomic E-state index is 0.0264. The normalized spacial score (nSPS) is 19.2. The van der Waals surface area contributed by atoms with Crippen molar-refractivity contribution in [2.45, 2.75) is 46.6 Å². The fourth-order valence-electron chi connectivity index (χ4n) is 3.23. The van der Waals surface area contributed by atoms with Crippen LogP contribution in [0.3, 0.4) is 0 Å². The van der Waals surface area contributed by atoms with Gasteiger partial charge in [0.25, 0.3) is 5.91 Å². The summed E-state index contributed by atoms with van der Waals surface area (Å²) in [4.78, 5) is 16.7. The van der Waals surface area contributed by atoms with Gasteiger partial charge in [0.1, 0.15) is 0 Å². The van der Waals surface area contributed by atoms with E-state index in [1.807, 2.05) is 16.4 Å². The van der Waals surface area contributed by atoms with Gasteiger partial charge in [-0.25, -0.2) is 0 Å². The lowest BCUT2D eigenvalue weighted by atomic mass is 10.0. The van der Waals surface area contributed by atoms with Crippen molar-refractivity contribution >= 4 is 11.9 Å². The Bertz CT molecular complexity index is 598. The molecule has 3 rings (SSSR count). The highest BCUT2D eigenvalue weighted by atomic mass is 16.2. The van der Waals surface area contributed by atoms with Gasteiger partial charge in [0.2, 0.25) is 11.8 Å². The zero-order valence-corrected chi connectivity index (χ0v) is 13.8. The third-order valence-corrected chi connectivity index (χ3v) is 4.83. The highest BCUT2D eigenvalue weighted by Gasteiger charge is 2.28. The molecule has 120 valence electrons.